The van der Waals surface area contributed by atoms with Crippen molar-refractivity contribution in [2.45, 2.75) is 32.5 Å². The SMILES string of the molecule is COc1c(F)cc(B2OC(C)C(C)(C)O2)cc1Cl. The summed E-state index contributed by atoms with van der Waals surface area (Å²) in [6.45, 7) is 5.78. The van der Waals surface area contributed by atoms with Gasteiger partial charge in [-0.1, -0.05) is 11.6 Å². The van der Waals surface area contributed by atoms with E-state index in [-0.39, 0.29) is 16.9 Å². The number of hydrogen-bond acceptors (Lipinski definition) is 3. The summed E-state index contributed by atoms with van der Waals surface area (Å²) in [6, 6.07) is 2.92. The smallest absolute Gasteiger partial charge is 0.492 e. The molecule has 3 nitrogen and oxygen atoms in total. The highest BCUT2D eigenvalue weighted by Crippen LogP contribution is 2.30. The Balaban J connectivity index is 2.31. The maximum absolute atomic E-state index is 13.7. The molecule has 18 heavy (non-hydrogen) atoms. The number of benzene rings is 1. The Kier molecular flexibility index (Phi) is 3.58. The number of rotatable bonds is 2. The molecule has 1 aliphatic rings. The van der Waals surface area contributed by atoms with Crippen molar-refractivity contribution in [2.75, 3.05) is 7.11 Å². The van der Waals surface area contributed by atoms with Crippen LogP contribution in [0.5, 0.6) is 5.75 Å². The predicted octanol–water partition coefficient (Wildman–Crippen LogP) is 2.40. The molecule has 1 aromatic rings. The van der Waals surface area contributed by atoms with Crippen LogP contribution in [0.25, 0.3) is 0 Å². The Bertz CT molecular complexity index is 444. The first-order valence-electron chi connectivity index (χ1n) is 5.71. The molecule has 0 N–H and O–H groups in total. The molecular weight excluding hydrogens is 257 g/mol. The Labute approximate surface area is 111 Å². The van der Waals surface area contributed by atoms with Gasteiger partial charge in [0.25, 0.3) is 0 Å². The van der Waals surface area contributed by atoms with Crippen LogP contribution in [0.4, 0.5) is 4.39 Å². The monoisotopic (exact) mass is 272 g/mol. The zero-order valence-corrected chi connectivity index (χ0v) is 11.5. The lowest BCUT2D eigenvalue weighted by molar-refractivity contribution is 0.0842. The van der Waals surface area contributed by atoms with Crippen LogP contribution in [0.1, 0.15) is 20.8 Å². The molecule has 1 heterocycles. The zero-order valence-electron chi connectivity index (χ0n) is 10.8. The summed E-state index contributed by atoms with van der Waals surface area (Å²) in [7, 11) is 0.769. The molecular formula is C12H15BClFO3. The van der Waals surface area contributed by atoms with Crippen LogP contribution in [-0.2, 0) is 9.31 Å². The largest absolute Gasteiger partial charge is 0.494 e. The van der Waals surface area contributed by atoms with E-state index < -0.39 is 18.5 Å². The first-order chi connectivity index (χ1) is 8.35. The van der Waals surface area contributed by atoms with E-state index in [9.17, 15) is 4.39 Å². The lowest BCUT2D eigenvalue weighted by atomic mass is 9.79. The molecule has 0 radical (unpaired) electrons. The average Bonchev–Trinajstić information content (AvgIpc) is 2.53. The second-order valence-electron chi connectivity index (χ2n) is 4.85. The van der Waals surface area contributed by atoms with Crippen molar-refractivity contribution in [3.63, 3.8) is 0 Å². The van der Waals surface area contributed by atoms with Crippen LogP contribution in [0.3, 0.4) is 0 Å². The van der Waals surface area contributed by atoms with Gasteiger partial charge in [0, 0.05) is 0 Å². The second-order valence-corrected chi connectivity index (χ2v) is 5.26. The van der Waals surface area contributed by atoms with Gasteiger partial charge < -0.3 is 14.0 Å². The maximum Gasteiger partial charge on any atom is 0.494 e. The second kappa shape index (κ2) is 4.72. The van der Waals surface area contributed by atoms with Crippen molar-refractivity contribution in [2.24, 2.45) is 0 Å². The summed E-state index contributed by atoms with van der Waals surface area (Å²) in [5.41, 5.74) is 0.142. The first-order valence-corrected chi connectivity index (χ1v) is 6.09. The molecule has 2 rings (SSSR count). The summed E-state index contributed by atoms with van der Waals surface area (Å²) < 4.78 is 30.0. The van der Waals surface area contributed by atoms with Crippen molar-refractivity contribution in [1.82, 2.24) is 0 Å². The van der Waals surface area contributed by atoms with Crippen molar-refractivity contribution in [3.8, 4) is 5.75 Å². The Morgan fingerprint density at radius 2 is 2.11 bits per heavy atom. The molecule has 98 valence electrons. The number of methoxy groups -OCH3 is 1. The highest BCUT2D eigenvalue weighted by molar-refractivity contribution is 6.62. The van der Waals surface area contributed by atoms with Crippen LogP contribution < -0.4 is 10.2 Å². The van der Waals surface area contributed by atoms with Gasteiger partial charge >= 0.3 is 7.12 Å². The fraction of sp³-hybridized carbons (Fsp3) is 0.500. The van der Waals surface area contributed by atoms with Crippen LogP contribution in [0.15, 0.2) is 12.1 Å². The predicted molar refractivity (Wildman–Crippen MR) is 69.1 cm³/mol. The lowest BCUT2D eigenvalue weighted by Crippen LogP contribution is -2.35. The van der Waals surface area contributed by atoms with E-state index in [4.69, 9.17) is 25.6 Å². The highest BCUT2D eigenvalue weighted by Gasteiger charge is 2.44. The fourth-order valence-electron chi connectivity index (χ4n) is 1.81. The van der Waals surface area contributed by atoms with Gasteiger partial charge in [-0.3, -0.25) is 0 Å². The third-order valence-electron chi connectivity index (χ3n) is 3.21. The van der Waals surface area contributed by atoms with Gasteiger partial charge in [-0.15, -0.1) is 0 Å². The van der Waals surface area contributed by atoms with Gasteiger partial charge in [0.2, 0.25) is 0 Å². The molecule has 1 saturated heterocycles. The van der Waals surface area contributed by atoms with Gasteiger partial charge in [0.15, 0.2) is 11.6 Å². The van der Waals surface area contributed by atoms with Gasteiger partial charge in [-0.2, -0.15) is 0 Å². The van der Waals surface area contributed by atoms with E-state index in [2.05, 4.69) is 0 Å². The molecule has 1 unspecified atom stereocenters. The molecule has 0 aliphatic carbocycles. The van der Waals surface area contributed by atoms with E-state index in [1.54, 1.807) is 6.07 Å². The van der Waals surface area contributed by atoms with E-state index >= 15 is 0 Å². The summed E-state index contributed by atoms with van der Waals surface area (Å²) in [4.78, 5) is 0. The summed E-state index contributed by atoms with van der Waals surface area (Å²) in [5, 5.41) is 0.206. The standard InChI is InChI=1S/C12H15BClFO3/c1-7-12(2,3)18-13(17-7)8-5-9(14)11(16-4)10(15)6-8/h5-7H,1-4H3. The summed E-state index contributed by atoms with van der Waals surface area (Å²) >= 11 is 5.94. The Morgan fingerprint density at radius 3 is 2.56 bits per heavy atom. The number of halogens is 2. The molecule has 0 amide bonds. The van der Waals surface area contributed by atoms with Crippen LogP contribution in [-0.4, -0.2) is 25.9 Å². The van der Waals surface area contributed by atoms with Crippen LogP contribution >= 0.6 is 11.6 Å². The van der Waals surface area contributed by atoms with Crippen molar-refractivity contribution in [3.05, 3.63) is 23.0 Å². The molecule has 0 bridgehead atoms. The topological polar surface area (TPSA) is 27.7 Å². The molecule has 1 aromatic carbocycles. The minimum absolute atomic E-state index is 0.0331. The van der Waals surface area contributed by atoms with Gasteiger partial charge in [0.1, 0.15) is 0 Å². The van der Waals surface area contributed by atoms with E-state index in [0.29, 0.717) is 5.46 Å². The highest BCUT2D eigenvalue weighted by atomic mass is 35.5. The van der Waals surface area contributed by atoms with Crippen LogP contribution in [0.2, 0.25) is 5.02 Å². The fourth-order valence-corrected chi connectivity index (χ4v) is 2.10. The maximum atomic E-state index is 13.7. The Hall–Kier alpha value is -0.775. The van der Waals surface area contributed by atoms with Crippen molar-refractivity contribution >= 4 is 24.2 Å². The normalized spacial score (nSPS) is 22.3. The molecule has 1 fully saturated rings. The van der Waals surface area contributed by atoms with Crippen LogP contribution in [0, 0.1) is 5.82 Å². The van der Waals surface area contributed by atoms with E-state index in [0.717, 1.165) is 0 Å². The lowest BCUT2D eigenvalue weighted by Gasteiger charge is -2.21. The third-order valence-corrected chi connectivity index (χ3v) is 3.50. The molecule has 0 aromatic heterocycles. The molecule has 1 atom stereocenters. The van der Waals surface area contributed by atoms with Crippen molar-refractivity contribution < 1.29 is 18.4 Å². The minimum Gasteiger partial charge on any atom is -0.492 e. The third kappa shape index (κ3) is 2.35. The zero-order chi connectivity index (χ0) is 13.5. The minimum atomic E-state index is -0.604. The quantitative estimate of drug-likeness (QED) is 0.774. The number of ether oxygens (including phenoxy) is 1. The molecule has 6 heteroatoms. The molecule has 0 spiro atoms. The van der Waals surface area contributed by atoms with E-state index in [1.165, 1.54) is 13.2 Å². The number of hydrogen-bond donors (Lipinski definition) is 0. The van der Waals surface area contributed by atoms with Gasteiger partial charge in [-0.05, 0) is 38.4 Å². The average molecular weight is 273 g/mol. The first kappa shape index (κ1) is 13.7. The summed E-state index contributed by atoms with van der Waals surface area (Å²) in [6.07, 6.45) is -0.0774. The summed E-state index contributed by atoms with van der Waals surface area (Å²) in [5.74, 6) is -0.490. The molecule has 1 aliphatic heterocycles. The molecule has 0 saturated carbocycles. The van der Waals surface area contributed by atoms with E-state index in [1.807, 2.05) is 20.8 Å². The Morgan fingerprint density at radius 1 is 1.44 bits per heavy atom. The van der Waals surface area contributed by atoms with Gasteiger partial charge in [-0.25, -0.2) is 4.39 Å². The van der Waals surface area contributed by atoms with Crippen molar-refractivity contribution in [1.29, 1.82) is 0 Å². The van der Waals surface area contributed by atoms with Gasteiger partial charge in [0.05, 0.1) is 23.8 Å².